The van der Waals surface area contributed by atoms with Crippen molar-refractivity contribution in [2.24, 2.45) is 11.7 Å². The fourth-order valence-electron chi connectivity index (χ4n) is 4.13. The smallest absolute Gasteiger partial charge is 0.255 e. The molecule has 2 aliphatic rings. The number of carbonyl (C=O) groups is 1. The van der Waals surface area contributed by atoms with Crippen molar-refractivity contribution in [2.75, 3.05) is 19.7 Å². The van der Waals surface area contributed by atoms with E-state index in [9.17, 15) is 4.79 Å². The van der Waals surface area contributed by atoms with Gasteiger partial charge < -0.3 is 15.4 Å². The van der Waals surface area contributed by atoms with Gasteiger partial charge in [-0.15, -0.1) is 11.3 Å². The molecule has 1 aromatic carbocycles. The minimum atomic E-state index is 0.176. The number of nitrogens with two attached hydrogens (primary N) is 1. The Hall–Kier alpha value is -1.43. The van der Waals surface area contributed by atoms with Crippen molar-refractivity contribution in [3.63, 3.8) is 0 Å². The first kappa shape index (κ1) is 17.0. The lowest BCUT2D eigenvalue weighted by atomic mass is 9.86. The lowest BCUT2D eigenvalue weighted by molar-refractivity contribution is -0.0419. The van der Waals surface area contributed by atoms with E-state index in [1.165, 1.54) is 10.3 Å². The van der Waals surface area contributed by atoms with E-state index in [1.807, 2.05) is 10.3 Å². The van der Waals surface area contributed by atoms with Gasteiger partial charge in [0.2, 0.25) is 0 Å². The maximum Gasteiger partial charge on any atom is 0.255 e. The summed E-state index contributed by atoms with van der Waals surface area (Å²) in [5.74, 6) is 0.715. The van der Waals surface area contributed by atoms with Crippen LogP contribution in [0.4, 0.5) is 0 Å². The Balaban J connectivity index is 1.42. The monoisotopic (exact) mass is 358 g/mol. The van der Waals surface area contributed by atoms with Crippen molar-refractivity contribution in [2.45, 2.75) is 44.8 Å². The minimum Gasteiger partial charge on any atom is -0.378 e. The summed E-state index contributed by atoms with van der Waals surface area (Å²) in [7, 11) is 0. The van der Waals surface area contributed by atoms with Crippen molar-refractivity contribution in [1.29, 1.82) is 0 Å². The second-order valence-electron chi connectivity index (χ2n) is 7.47. The lowest BCUT2D eigenvalue weighted by Crippen LogP contribution is -2.45. The molecule has 2 unspecified atom stereocenters. The summed E-state index contributed by atoms with van der Waals surface area (Å²) in [4.78, 5) is 15.0. The first-order valence-corrected chi connectivity index (χ1v) is 10.1. The average molecular weight is 359 g/mol. The predicted octanol–water partition coefficient (Wildman–Crippen LogP) is 3.57. The van der Waals surface area contributed by atoms with E-state index in [2.05, 4.69) is 25.1 Å². The normalized spacial score (nSPS) is 25.4. The maximum atomic E-state index is 13.0. The quantitative estimate of drug-likeness (QED) is 0.893. The Morgan fingerprint density at radius 1 is 1.28 bits per heavy atom. The van der Waals surface area contributed by atoms with Gasteiger partial charge in [0.15, 0.2) is 0 Å². The summed E-state index contributed by atoms with van der Waals surface area (Å²) in [6.07, 6.45) is 4.26. The number of fused-ring (bicyclic) bond motifs is 1. The first-order chi connectivity index (χ1) is 12.1. The van der Waals surface area contributed by atoms with E-state index >= 15 is 0 Å². The fraction of sp³-hybridized carbons (Fsp3) is 0.550. The lowest BCUT2D eigenvalue weighted by Gasteiger charge is -2.38. The molecule has 0 radical (unpaired) electrons. The first-order valence-electron chi connectivity index (χ1n) is 9.26. The molecule has 5 heteroatoms. The summed E-state index contributed by atoms with van der Waals surface area (Å²) in [6.45, 7) is 4.51. The number of ether oxygens (including phenoxy) is 1. The number of hydrogen-bond acceptors (Lipinski definition) is 4. The van der Waals surface area contributed by atoms with Crippen LogP contribution in [0.3, 0.4) is 0 Å². The van der Waals surface area contributed by atoms with Crippen LogP contribution in [0.2, 0.25) is 0 Å². The van der Waals surface area contributed by atoms with Gasteiger partial charge in [0.25, 0.3) is 5.91 Å². The molecule has 25 heavy (non-hydrogen) atoms. The van der Waals surface area contributed by atoms with E-state index in [0.717, 1.165) is 56.3 Å². The highest BCUT2D eigenvalue weighted by Gasteiger charge is 2.32. The van der Waals surface area contributed by atoms with Crippen LogP contribution in [0.15, 0.2) is 23.6 Å². The maximum absolute atomic E-state index is 13.0. The molecule has 0 saturated carbocycles. The van der Waals surface area contributed by atoms with E-state index in [-0.39, 0.29) is 18.1 Å². The Labute approximate surface area is 152 Å². The molecule has 0 bridgehead atoms. The second-order valence-corrected chi connectivity index (χ2v) is 8.38. The number of hydrogen-bond donors (Lipinski definition) is 1. The van der Waals surface area contributed by atoms with Crippen molar-refractivity contribution >= 4 is 27.3 Å². The number of rotatable bonds is 2. The van der Waals surface area contributed by atoms with Crippen molar-refractivity contribution in [1.82, 2.24) is 4.90 Å². The molecule has 0 spiro atoms. The molecule has 4 nitrogen and oxygen atoms in total. The van der Waals surface area contributed by atoms with Gasteiger partial charge in [-0.1, -0.05) is 12.1 Å². The molecule has 2 aromatic rings. The van der Waals surface area contributed by atoms with Crippen LogP contribution in [0.1, 0.15) is 41.6 Å². The Bertz CT molecular complexity index is 764. The van der Waals surface area contributed by atoms with Crippen LogP contribution in [0.5, 0.6) is 0 Å². The summed E-state index contributed by atoms with van der Waals surface area (Å²) in [5, 5.41) is 3.10. The van der Waals surface area contributed by atoms with Crippen LogP contribution >= 0.6 is 11.3 Å². The Kier molecular flexibility index (Phi) is 4.80. The van der Waals surface area contributed by atoms with E-state index in [1.54, 1.807) is 11.3 Å². The molecule has 1 aromatic heterocycles. The fourth-order valence-corrected chi connectivity index (χ4v) is 5.16. The molecule has 2 N–H and O–H groups in total. The van der Waals surface area contributed by atoms with Crippen LogP contribution < -0.4 is 5.73 Å². The van der Waals surface area contributed by atoms with Gasteiger partial charge in [-0.25, -0.2) is 0 Å². The Morgan fingerprint density at radius 3 is 2.84 bits per heavy atom. The van der Waals surface area contributed by atoms with Crippen LogP contribution in [0.25, 0.3) is 10.1 Å². The van der Waals surface area contributed by atoms with Gasteiger partial charge >= 0.3 is 0 Å². The molecule has 134 valence electrons. The molecule has 4 rings (SSSR count). The molecule has 2 aliphatic heterocycles. The highest BCUT2D eigenvalue weighted by Crippen LogP contribution is 2.31. The van der Waals surface area contributed by atoms with Crippen molar-refractivity contribution < 1.29 is 9.53 Å². The zero-order valence-electron chi connectivity index (χ0n) is 14.7. The van der Waals surface area contributed by atoms with Gasteiger partial charge in [-0.2, -0.15) is 0 Å². The topological polar surface area (TPSA) is 55.6 Å². The van der Waals surface area contributed by atoms with Gasteiger partial charge in [-0.05, 0) is 50.2 Å². The molecule has 2 saturated heterocycles. The van der Waals surface area contributed by atoms with Gasteiger partial charge in [0.1, 0.15) is 0 Å². The number of aryl methyl sites for hydroxylation is 1. The van der Waals surface area contributed by atoms with Crippen LogP contribution in [0, 0.1) is 12.8 Å². The summed E-state index contributed by atoms with van der Waals surface area (Å²) >= 11 is 1.66. The number of benzene rings is 1. The van der Waals surface area contributed by atoms with Crippen molar-refractivity contribution in [3.05, 3.63) is 34.7 Å². The average Bonchev–Trinajstić information content (AvgIpc) is 3.04. The van der Waals surface area contributed by atoms with Gasteiger partial charge in [0.05, 0.1) is 11.7 Å². The molecule has 1 amide bonds. The molecule has 2 atom stereocenters. The summed E-state index contributed by atoms with van der Waals surface area (Å²) in [6, 6.07) is 6.60. The Morgan fingerprint density at radius 2 is 2.08 bits per heavy atom. The highest BCUT2D eigenvalue weighted by molar-refractivity contribution is 7.17. The molecular weight excluding hydrogens is 332 g/mol. The molecule has 0 aliphatic carbocycles. The molecule has 3 heterocycles. The van der Waals surface area contributed by atoms with Crippen LogP contribution in [-0.2, 0) is 4.74 Å². The summed E-state index contributed by atoms with van der Waals surface area (Å²) < 4.78 is 7.14. The molecular formula is C20H26N2O2S. The van der Waals surface area contributed by atoms with Crippen LogP contribution in [-0.4, -0.2) is 42.6 Å². The highest BCUT2D eigenvalue weighted by atomic mass is 32.1. The number of amides is 1. The second kappa shape index (κ2) is 7.06. The number of carbonyl (C=O) groups excluding carboxylic acids is 1. The van der Waals surface area contributed by atoms with E-state index in [4.69, 9.17) is 10.5 Å². The van der Waals surface area contributed by atoms with Crippen molar-refractivity contribution in [3.8, 4) is 0 Å². The standard InChI is InChI=1S/C20H26N2O2S/c1-13-2-3-16-17(12-25-19(16)10-13)20(23)22-7-4-14(5-8-22)18-11-15(21)6-9-24-18/h2-3,10,12,14-15,18H,4-9,11,21H2,1H3. The number of thiophene rings is 1. The van der Waals surface area contributed by atoms with Gasteiger partial charge in [0, 0.05) is 41.2 Å². The third-order valence-electron chi connectivity index (χ3n) is 5.67. The SMILES string of the molecule is Cc1ccc2c(C(=O)N3CCC(C4CC(N)CCO4)CC3)csc2c1. The number of nitrogens with zero attached hydrogens (tertiary/aromatic N) is 1. The third-order valence-corrected chi connectivity index (χ3v) is 6.61. The minimum absolute atomic E-state index is 0.176. The third kappa shape index (κ3) is 3.46. The van der Waals surface area contributed by atoms with E-state index in [0.29, 0.717) is 5.92 Å². The zero-order valence-corrected chi connectivity index (χ0v) is 15.6. The predicted molar refractivity (Wildman–Crippen MR) is 102 cm³/mol. The molecule has 2 fully saturated rings. The summed E-state index contributed by atoms with van der Waals surface area (Å²) in [5.41, 5.74) is 8.18. The number of piperidine rings is 1. The largest absolute Gasteiger partial charge is 0.378 e. The number of likely N-dealkylation sites (tertiary alicyclic amines) is 1. The van der Waals surface area contributed by atoms with E-state index < -0.39 is 0 Å². The van der Waals surface area contributed by atoms with Gasteiger partial charge in [-0.3, -0.25) is 4.79 Å². The zero-order chi connectivity index (χ0) is 17.4.